The average Bonchev–Trinajstić information content (AvgIpc) is 3.89. The van der Waals surface area contributed by atoms with E-state index < -0.39 is 0 Å². The number of carbonyl (C=O) groups excluding carboxylic acids is 2. The molecule has 6 unspecified atom stereocenters. The van der Waals surface area contributed by atoms with Crippen molar-refractivity contribution in [2.75, 3.05) is 13.2 Å². The van der Waals surface area contributed by atoms with Gasteiger partial charge in [0.05, 0.1) is 57.9 Å². The Balaban J connectivity index is 1.33. The molecule has 1 aromatic carbocycles. The molecule has 408 valence electrons. The maximum absolute atomic E-state index is 13.8. The third-order valence-corrected chi connectivity index (χ3v) is 17.8. The molecule has 2 aromatic rings. The predicted octanol–water partition coefficient (Wildman–Crippen LogP) is 20.0. The van der Waals surface area contributed by atoms with Gasteiger partial charge in [-0.15, -0.1) is 0 Å². The van der Waals surface area contributed by atoms with E-state index in [1.165, 1.54) is 180 Å². The first-order valence-electron chi connectivity index (χ1n) is 30.1. The van der Waals surface area contributed by atoms with Gasteiger partial charge in [0, 0.05) is 0 Å². The lowest BCUT2D eigenvalue weighted by atomic mass is 9.87. The van der Waals surface area contributed by atoms with E-state index in [2.05, 4.69) is 68.3 Å². The van der Waals surface area contributed by atoms with Crippen molar-refractivity contribution in [2.24, 2.45) is 23.7 Å². The predicted molar refractivity (Wildman–Crippen MR) is 305 cm³/mol. The summed E-state index contributed by atoms with van der Waals surface area (Å²) >= 11 is 8.88. The van der Waals surface area contributed by atoms with E-state index in [0.29, 0.717) is 58.3 Å². The molecule has 0 radical (unpaired) electrons. The first-order valence-corrected chi connectivity index (χ1v) is 32.4. The van der Waals surface area contributed by atoms with Crippen LogP contribution >= 0.6 is 43.6 Å². The van der Waals surface area contributed by atoms with E-state index in [9.17, 15) is 9.59 Å². The standard InChI is InChI=1S/C60H102Br2N2O6S/c1-5-9-13-17-21-23-27-31-37-47(35-29-25-19-15-11-7-3)45-67-59(65)49-39-33-41-51(43-49)69-57-53(61)55-56(64-71-63-55)54(62)58(57)70-52-42-34-40-50(44-52)60(66)68-46-48(36-30-26-20-16-12-8-4)38-32-28-24-22-18-14-10-6-2/h47-52H,5-46H2,1-4H3. The molecule has 0 bridgehead atoms. The van der Waals surface area contributed by atoms with Crippen molar-refractivity contribution in [1.29, 1.82) is 0 Å². The minimum absolute atomic E-state index is 0.0694. The van der Waals surface area contributed by atoms with Gasteiger partial charge >= 0.3 is 11.9 Å². The van der Waals surface area contributed by atoms with Crippen LogP contribution < -0.4 is 9.47 Å². The molecule has 11 heteroatoms. The molecule has 2 fully saturated rings. The van der Waals surface area contributed by atoms with Gasteiger partial charge in [-0.3, -0.25) is 9.59 Å². The maximum atomic E-state index is 13.8. The van der Waals surface area contributed by atoms with E-state index in [-0.39, 0.29) is 36.0 Å². The van der Waals surface area contributed by atoms with Gasteiger partial charge < -0.3 is 18.9 Å². The first kappa shape index (κ1) is 62.1. The quantitative estimate of drug-likeness (QED) is 0.0479. The molecular weight excluding hydrogens is 1040 g/mol. The third-order valence-electron chi connectivity index (χ3n) is 15.8. The van der Waals surface area contributed by atoms with Crippen molar-refractivity contribution >= 4 is 66.6 Å². The van der Waals surface area contributed by atoms with E-state index >= 15 is 0 Å². The number of unbranched alkanes of at least 4 members (excludes halogenated alkanes) is 24. The van der Waals surface area contributed by atoms with Gasteiger partial charge in [0.1, 0.15) is 11.0 Å². The molecule has 4 rings (SSSR count). The van der Waals surface area contributed by atoms with E-state index in [1.807, 2.05) is 0 Å². The molecule has 2 aliphatic rings. The fraction of sp³-hybridized carbons (Fsp3) is 0.867. The summed E-state index contributed by atoms with van der Waals surface area (Å²) in [5.41, 5.74) is 1.44. The summed E-state index contributed by atoms with van der Waals surface area (Å²) in [6.45, 7) is 10.2. The fourth-order valence-corrected chi connectivity index (χ4v) is 13.1. The number of fused-ring (bicyclic) bond motifs is 1. The zero-order valence-corrected chi connectivity index (χ0v) is 49.7. The highest BCUT2D eigenvalue weighted by Crippen LogP contribution is 2.49. The van der Waals surface area contributed by atoms with Crippen LogP contribution in [0.1, 0.15) is 285 Å². The number of aromatic nitrogens is 2. The summed E-state index contributed by atoms with van der Waals surface area (Å²) in [6, 6.07) is 0. The Bertz CT molecular complexity index is 1580. The second kappa shape index (κ2) is 39.0. The van der Waals surface area contributed by atoms with Gasteiger partial charge in [-0.25, -0.2) is 0 Å². The molecule has 2 aliphatic carbocycles. The highest BCUT2D eigenvalue weighted by atomic mass is 79.9. The zero-order valence-electron chi connectivity index (χ0n) is 45.7. The number of ether oxygens (including phenoxy) is 4. The molecule has 0 saturated heterocycles. The molecule has 0 aliphatic heterocycles. The number of hydrogen-bond donors (Lipinski definition) is 0. The molecule has 6 atom stereocenters. The number of benzene rings is 1. The van der Waals surface area contributed by atoms with Crippen molar-refractivity contribution in [2.45, 2.75) is 297 Å². The second-order valence-electron chi connectivity index (χ2n) is 22.1. The van der Waals surface area contributed by atoms with Crippen molar-refractivity contribution in [1.82, 2.24) is 8.75 Å². The number of nitrogens with zero attached hydrogens (tertiary/aromatic N) is 2. The Morgan fingerprint density at radius 2 is 0.761 bits per heavy atom. The van der Waals surface area contributed by atoms with Crippen LogP contribution in [0.15, 0.2) is 8.95 Å². The molecule has 1 aromatic heterocycles. The van der Waals surface area contributed by atoms with Crippen LogP contribution in [0, 0.1) is 23.7 Å². The molecular formula is C60H102Br2N2O6S. The Labute approximate surface area is 455 Å². The van der Waals surface area contributed by atoms with Crippen LogP contribution in [0.4, 0.5) is 0 Å². The number of hydrogen-bond acceptors (Lipinski definition) is 9. The van der Waals surface area contributed by atoms with Crippen LogP contribution in [0.3, 0.4) is 0 Å². The Morgan fingerprint density at radius 1 is 0.465 bits per heavy atom. The third kappa shape index (κ3) is 24.8. The average molecular weight is 1140 g/mol. The summed E-state index contributed by atoms with van der Waals surface area (Å²) < 4.78 is 36.9. The molecule has 1 heterocycles. The van der Waals surface area contributed by atoms with Crippen molar-refractivity contribution in [3.63, 3.8) is 0 Å². The highest BCUT2D eigenvalue weighted by molar-refractivity contribution is 9.11. The van der Waals surface area contributed by atoms with Gasteiger partial charge in [0.15, 0.2) is 11.5 Å². The van der Waals surface area contributed by atoms with Crippen LogP contribution in [-0.2, 0) is 19.1 Å². The summed E-state index contributed by atoms with van der Waals surface area (Å²) in [6.07, 6.45) is 47.0. The molecule has 0 spiro atoms. The Hall–Kier alpha value is -1.46. The highest BCUT2D eigenvalue weighted by Gasteiger charge is 2.35. The zero-order chi connectivity index (χ0) is 50.7. The largest absolute Gasteiger partial charge is 0.485 e. The lowest BCUT2D eigenvalue weighted by Crippen LogP contribution is -2.33. The minimum Gasteiger partial charge on any atom is -0.485 e. The van der Waals surface area contributed by atoms with Gasteiger partial charge in [0.2, 0.25) is 0 Å². The molecule has 0 N–H and O–H groups in total. The van der Waals surface area contributed by atoms with Crippen LogP contribution in [0.25, 0.3) is 11.0 Å². The van der Waals surface area contributed by atoms with Gasteiger partial charge in [-0.1, -0.05) is 207 Å². The van der Waals surface area contributed by atoms with Gasteiger partial charge in [-0.2, -0.15) is 8.75 Å². The molecule has 71 heavy (non-hydrogen) atoms. The lowest BCUT2D eigenvalue weighted by Gasteiger charge is -2.32. The summed E-state index contributed by atoms with van der Waals surface area (Å²) in [4.78, 5) is 27.7. The van der Waals surface area contributed by atoms with Crippen LogP contribution in [0.2, 0.25) is 0 Å². The normalized spacial score (nSPS) is 19.2. The fourth-order valence-electron chi connectivity index (χ4n) is 11.2. The van der Waals surface area contributed by atoms with Crippen molar-refractivity contribution < 1.29 is 28.5 Å². The number of halogens is 2. The summed E-state index contributed by atoms with van der Waals surface area (Å²) in [5, 5.41) is 0. The van der Waals surface area contributed by atoms with Crippen molar-refractivity contribution in [3.05, 3.63) is 8.95 Å². The number of rotatable bonds is 42. The van der Waals surface area contributed by atoms with Crippen LogP contribution in [0.5, 0.6) is 11.5 Å². The van der Waals surface area contributed by atoms with Gasteiger partial charge in [-0.05, 0) is 121 Å². The lowest BCUT2D eigenvalue weighted by molar-refractivity contribution is -0.153. The SMILES string of the molecule is CCCCCCCCCCC(CCCCCCCC)COC(=O)C1CCCC(Oc2c(OC3CCCC(C(=O)OCC(CCCCCCCC)CCCCCCCCCC)C3)c(Br)c3nsnc3c2Br)C1. The minimum atomic E-state index is -0.196. The smallest absolute Gasteiger partial charge is 0.309 e. The van der Waals surface area contributed by atoms with E-state index in [1.54, 1.807) is 0 Å². The van der Waals surface area contributed by atoms with Crippen LogP contribution in [-0.4, -0.2) is 46.1 Å². The molecule has 0 amide bonds. The Morgan fingerprint density at radius 3 is 1.07 bits per heavy atom. The van der Waals surface area contributed by atoms with E-state index in [0.717, 1.165) is 87.0 Å². The molecule has 8 nitrogen and oxygen atoms in total. The van der Waals surface area contributed by atoms with Gasteiger partial charge in [0.25, 0.3) is 0 Å². The summed E-state index contributed by atoms with van der Waals surface area (Å²) in [7, 11) is 0. The van der Waals surface area contributed by atoms with E-state index in [4.69, 9.17) is 18.9 Å². The monoisotopic (exact) mass is 1140 g/mol. The number of carbonyl (C=O) groups is 2. The number of esters is 2. The van der Waals surface area contributed by atoms with Crippen molar-refractivity contribution in [3.8, 4) is 11.5 Å². The topological polar surface area (TPSA) is 96.8 Å². The molecule has 2 saturated carbocycles. The maximum Gasteiger partial charge on any atom is 0.309 e. The Kier molecular flexibility index (Phi) is 34.1. The first-order chi connectivity index (χ1) is 34.8. The summed E-state index contributed by atoms with van der Waals surface area (Å²) in [5.74, 6) is 1.51. The second-order valence-corrected chi connectivity index (χ2v) is 24.2.